The standard InChI is InChI=1S/C22H28N2O4S/c1-17-9-11-19(16-21(17)29(26,27)24-13-4-3-5-14-24)23-22(25)12-10-18-7-6-8-20(15-18)28-2/h6-9,11,15-16H,3-5,10,12-14H2,1-2H3,(H,23,25). The molecule has 7 heteroatoms. The van der Waals surface area contributed by atoms with Gasteiger partial charge in [-0.2, -0.15) is 4.31 Å². The Morgan fingerprint density at radius 1 is 1.10 bits per heavy atom. The molecule has 1 saturated heterocycles. The maximum Gasteiger partial charge on any atom is 0.243 e. The number of methoxy groups -OCH3 is 1. The summed E-state index contributed by atoms with van der Waals surface area (Å²) in [5, 5.41) is 2.83. The van der Waals surface area contributed by atoms with E-state index in [-0.39, 0.29) is 10.8 Å². The molecule has 1 fully saturated rings. The lowest BCUT2D eigenvalue weighted by molar-refractivity contribution is -0.116. The number of hydrogen-bond donors (Lipinski definition) is 1. The molecule has 0 aromatic heterocycles. The maximum absolute atomic E-state index is 13.0. The van der Waals surface area contributed by atoms with Crippen LogP contribution in [0.5, 0.6) is 5.75 Å². The molecule has 0 spiro atoms. The molecule has 1 aliphatic heterocycles. The molecule has 1 heterocycles. The number of rotatable bonds is 7. The summed E-state index contributed by atoms with van der Waals surface area (Å²) in [6.07, 6.45) is 3.72. The molecule has 0 bridgehead atoms. The highest BCUT2D eigenvalue weighted by Gasteiger charge is 2.27. The van der Waals surface area contributed by atoms with E-state index in [9.17, 15) is 13.2 Å². The number of nitrogens with zero attached hydrogens (tertiary/aromatic N) is 1. The lowest BCUT2D eigenvalue weighted by atomic mass is 10.1. The van der Waals surface area contributed by atoms with Crippen LogP contribution >= 0.6 is 0 Å². The Hall–Kier alpha value is -2.38. The van der Waals surface area contributed by atoms with Crippen LogP contribution in [0.3, 0.4) is 0 Å². The fourth-order valence-corrected chi connectivity index (χ4v) is 5.28. The number of amides is 1. The predicted molar refractivity (Wildman–Crippen MR) is 114 cm³/mol. The molecule has 0 atom stereocenters. The topological polar surface area (TPSA) is 75.7 Å². The van der Waals surface area contributed by atoms with Gasteiger partial charge in [-0.1, -0.05) is 24.6 Å². The zero-order chi connectivity index (χ0) is 20.9. The van der Waals surface area contributed by atoms with Crippen LogP contribution in [0.4, 0.5) is 5.69 Å². The van der Waals surface area contributed by atoms with Gasteiger partial charge in [0.15, 0.2) is 0 Å². The Kier molecular flexibility index (Phi) is 6.92. The molecule has 0 aliphatic carbocycles. The van der Waals surface area contributed by atoms with E-state index >= 15 is 0 Å². The summed E-state index contributed by atoms with van der Waals surface area (Å²) in [6, 6.07) is 12.7. The van der Waals surface area contributed by atoms with Gasteiger partial charge >= 0.3 is 0 Å². The van der Waals surface area contributed by atoms with Crippen molar-refractivity contribution in [1.29, 1.82) is 0 Å². The number of ether oxygens (including phenoxy) is 1. The van der Waals surface area contributed by atoms with E-state index in [0.29, 0.717) is 37.2 Å². The number of piperidine rings is 1. The fraction of sp³-hybridized carbons (Fsp3) is 0.409. The van der Waals surface area contributed by atoms with Crippen molar-refractivity contribution in [2.75, 3.05) is 25.5 Å². The van der Waals surface area contributed by atoms with Crippen molar-refractivity contribution in [2.45, 2.75) is 43.9 Å². The monoisotopic (exact) mass is 416 g/mol. The molecule has 2 aromatic carbocycles. The average Bonchev–Trinajstić information content (AvgIpc) is 2.74. The molecule has 0 unspecified atom stereocenters. The summed E-state index contributed by atoms with van der Waals surface area (Å²) in [6.45, 7) is 2.89. The highest BCUT2D eigenvalue weighted by Crippen LogP contribution is 2.26. The summed E-state index contributed by atoms with van der Waals surface area (Å²) in [5.74, 6) is 0.604. The third-order valence-electron chi connectivity index (χ3n) is 5.18. The first-order chi connectivity index (χ1) is 13.9. The van der Waals surface area contributed by atoms with Crippen molar-refractivity contribution in [3.63, 3.8) is 0 Å². The number of benzene rings is 2. The summed E-state index contributed by atoms with van der Waals surface area (Å²) >= 11 is 0. The Morgan fingerprint density at radius 2 is 1.86 bits per heavy atom. The van der Waals surface area contributed by atoms with Crippen molar-refractivity contribution < 1.29 is 17.9 Å². The van der Waals surface area contributed by atoms with Gasteiger partial charge in [0.1, 0.15) is 5.75 Å². The van der Waals surface area contributed by atoms with E-state index in [1.54, 1.807) is 36.5 Å². The SMILES string of the molecule is COc1cccc(CCC(=O)Nc2ccc(C)c(S(=O)(=O)N3CCCCC3)c2)c1. The lowest BCUT2D eigenvalue weighted by Crippen LogP contribution is -2.36. The van der Waals surface area contributed by atoms with Gasteiger partial charge < -0.3 is 10.1 Å². The van der Waals surface area contributed by atoms with Crippen LogP contribution in [0.2, 0.25) is 0 Å². The zero-order valence-corrected chi connectivity index (χ0v) is 17.8. The Morgan fingerprint density at radius 3 is 2.59 bits per heavy atom. The molecular weight excluding hydrogens is 388 g/mol. The molecule has 156 valence electrons. The smallest absolute Gasteiger partial charge is 0.243 e. The normalized spacial score (nSPS) is 15.1. The van der Waals surface area contributed by atoms with Crippen LogP contribution in [-0.4, -0.2) is 38.8 Å². The van der Waals surface area contributed by atoms with Crippen LogP contribution < -0.4 is 10.1 Å². The van der Waals surface area contributed by atoms with Gasteiger partial charge in [-0.15, -0.1) is 0 Å². The van der Waals surface area contributed by atoms with Crippen LogP contribution in [-0.2, 0) is 21.2 Å². The Balaban J connectivity index is 1.68. The summed E-state index contributed by atoms with van der Waals surface area (Å²) < 4.78 is 32.8. The van der Waals surface area contributed by atoms with Gasteiger partial charge in [-0.25, -0.2) is 8.42 Å². The quantitative estimate of drug-likeness (QED) is 0.746. The van der Waals surface area contributed by atoms with Gasteiger partial charge in [0.2, 0.25) is 15.9 Å². The van der Waals surface area contributed by atoms with E-state index in [2.05, 4.69) is 5.32 Å². The minimum atomic E-state index is -3.55. The average molecular weight is 417 g/mol. The lowest BCUT2D eigenvalue weighted by Gasteiger charge is -2.26. The maximum atomic E-state index is 13.0. The van der Waals surface area contributed by atoms with Crippen LogP contribution in [0.1, 0.15) is 36.8 Å². The number of hydrogen-bond acceptors (Lipinski definition) is 4. The summed E-state index contributed by atoms with van der Waals surface area (Å²) in [4.78, 5) is 12.7. The van der Waals surface area contributed by atoms with E-state index in [0.717, 1.165) is 30.6 Å². The zero-order valence-electron chi connectivity index (χ0n) is 17.0. The Labute approximate surface area is 172 Å². The van der Waals surface area contributed by atoms with E-state index in [1.807, 2.05) is 24.3 Å². The molecule has 6 nitrogen and oxygen atoms in total. The molecular formula is C22H28N2O4S. The van der Waals surface area contributed by atoms with Crippen molar-refractivity contribution in [1.82, 2.24) is 4.31 Å². The highest BCUT2D eigenvalue weighted by molar-refractivity contribution is 7.89. The summed E-state index contributed by atoms with van der Waals surface area (Å²) in [7, 11) is -1.94. The van der Waals surface area contributed by atoms with Crippen molar-refractivity contribution in [3.05, 3.63) is 53.6 Å². The second kappa shape index (κ2) is 9.41. The number of aryl methyl sites for hydroxylation is 2. The molecule has 3 rings (SSSR count). The minimum absolute atomic E-state index is 0.155. The van der Waals surface area contributed by atoms with Crippen molar-refractivity contribution in [2.24, 2.45) is 0 Å². The van der Waals surface area contributed by atoms with Gasteiger partial charge in [0, 0.05) is 25.2 Å². The number of anilines is 1. The van der Waals surface area contributed by atoms with Gasteiger partial charge in [0.25, 0.3) is 0 Å². The van der Waals surface area contributed by atoms with E-state index in [1.165, 1.54) is 0 Å². The molecule has 29 heavy (non-hydrogen) atoms. The molecule has 1 amide bonds. The van der Waals surface area contributed by atoms with Gasteiger partial charge in [0.05, 0.1) is 12.0 Å². The first-order valence-electron chi connectivity index (χ1n) is 9.94. The number of carbonyl (C=O) groups is 1. The number of nitrogens with one attached hydrogen (secondary N) is 1. The largest absolute Gasteiger partial charge is 0.497 e. The molecule has 1 aliphatic rings. The third-order valence-corrected chi connectivity index (χ3v) is 7.22. The molecule has 0 radical (unpaired) electrons. The Bertz CT molecular complexity index is 967. The van der Waals surface area contributed by atoms with Gasteiger partial charge in [-0.3, -0.25) is 4.79 Å². The first-order valence-corrected chi connectivity index (χ1v) is 11.4. The van der Waals surface area contributed by atoms with Crippen LogP contribution in [0, 0.1) is 6.92 Å². The second-order valence-corrected chi connectivity index (χ2v) is 9.25. The van der Waals surface area contributed by atoms with E-state index in [4.69, 9.17) is 4.74 Å². The molecule has 2 aromatic rings. The fourth-order valence-electron chi connectivity index (χ4n) is 3.51. The third kappa shape index (κ3) is 5.36. The number of sulfonamides is 1. The minimum Gasteiger partial charge on any atom is -0.497 e. The highest BCUT2D eigenvalue weighted by atomic mass is 32.2. The van der Waals surface area contributed by atoms with Crippen LogP contribution in [0.15, 0.2) is 47.4 Å². The van der Waals surface area contributed by atoms with Gasteiger partial charge in [-0.05, 0) is 61.6 Å². The predicted octanol–water partition coefficient (Wildman–Crippen LogP) is 3.75. The second-order valence-electron chi connectivity index (χ2n) is 7.34. The summed E-state index contributed by atoms with van der Waals surface area (Å²) in [5.41, 5.74) is 2.20. The van der Waals surface area contributed by atoms with E-state index < -0.39 is 10.0 Å². The van der Waals surface area contributed by atoms with Crippen LogP contribution in [0.25, 0.3) is 0 Å². The molecule has 1 N–H and O–H groups in total. The number of carbonyl (C=O) groups excluding carboxylic acids is 1. The van der Waals surface area contributed by atoms with Crippen molar-refractivity contribution >= 4 is 21.6 Å². The first kappa shape index (κ1) is 21.3. The molecule has 0 saturated carbocycles. The van der Waals surface area contributed by atoms with Crippen molar-refractivity contribution in [3.8, 4) is 5.75 Å².